The Morgan fingerprint density at radius 2 is 2.12 bits per heavy atom. The van der Waals surface area contributed by atoms with Crippen molar-refractivity contribution in [2.24, 2.45) is 0 Å². The Hall–Kier alpha value is -2.61. The summed E-state index contributed by atoms with van der Waals surface area (Å²) in [5.74, 6) is 0.153. The molecule has 6 nitrogen and oxygen atoms in total. The van der Waals surface area contributed by atoms with Crippen molar-refractivity contribution in [2.45, 2.75) is 19.8 Å². The van der Waals surface area contributed by atoms with E-state index in [9.17, 15) is 9.18 Å². The molecule has 0 aliphatic rings. The number of rotatable bonds is 5. The van der Waals surface area contributed by atoms with Gasteiger partial charge in [-0.15, -0.1) is 11.3 Å². The second kappa shape index (κ2) is 6.88. The van der Waals surface area contributed by atoms with Crippen LogP contribution in [-0.2, 0) is 12.8 Å². The summed E-state index contributed by atoms with van der Waals surface area (Å²) in [4.78, 5) is 20.5. The molecule has 0 radical (unpaired) electrons. The molecule has 0 atom stereocenters. The van der Waals surface area contributed by atoms with Gasteiger partial charge in [0.15, 0.2) is 0 Å². The number of hydrogen-bond donors (Lipinski definition) is 1. The standard InChI is InChI=1S/C16H15FN4O2S/c1-9-11(4-6-14-20-8-13(24-14)16(22)18-2)15(21-23-9)12-5-3-10(17)7-19-12/h3,5,7-8H,4,6H2,1-2H3,(H,18,22). The minimum absolute atomic E-state index is 0.142. The third-order valence-electron chi connectivity index (χ3n) is 3.55. The van der Waals surface area contributed by atoms with Crippen molar-refractivity contribution in [1.82, 2.24) is 20.4 Å². The Labute approximate surface area is 141 Å². The quantitative estimate of drug-likeness (QED) is 0.768. The van der Waals surface area contributed by atoms with E-state index in [1.54, 1.807) is 19.3 Å². The van der Waals surface area contributed by atoms with Crippen LogP contribution in [0.3, 0.4) is 0 Å². The predicted molar refractivity (Wildman–Crippen MR) is 87.3 cm³/mol. The van der Waals surface area contributed by atoms with Crippen LogP contribution in [0.4, 0.5) is 4.39 Å². The van der Waals surface area contributed by atoms with Crippen LogP contribution >= 0.6 is 11.3 Å². The largest absolute Gasteiger partial charge is 0.361 e. The molecule has 3 aromatic heterocycles. The van der Waals surface area contributed by atoms with E-state index in [4.69, 9.17) is 4.52 Å². The van der Waals surface area contributed by atoms with Crippen LogP contribution in [0.25, 0.3) is 11.4 Å². The number of thiazole rings is 1. The first-order valence-corrected chi connectivity index (χ1v) is 8.14. The van der Waals surface area contributed by atoms with E-state index >= 15 is 0 Å². The smallest absolute Gasteiger partial charge is 0.262 e. The Kier molecular flexibility index (Phi) is 4.66. The van der Waals surface area contributed by atoms with Gasteiger partial charge in [0, 0.05) is 19.0 Å². The highest BCUT2D eigenvalue weighted by molar-refractivity contribution is 7.13. The average Bonchev–Trinajstić information content (AvgIpc) is 3.20. The molecule has 0 aliphatic carbocycles. The lowest BCUT2D eigenvalue weighted by Gasteiger charge is -2.01. The molecular formula is C16H15FN4O2S. The lowest BCUT2D eigenvalue weighted by atomic mass is 10.1. The fraction of sp³-hybridized carbons (Fsp3) is 0.250. The lowest BCUT2D eigenvalue weighted by molar-refractivity contribution is 0.0967. The summed E-state index contributed by atoms with van der Waals surface area (Å²) in [6.07, 6.45) is 4.02. The number of aromatic nitrogens is 3. The van der Waals surface area contributed by atoms with Gasteiger partial charge in [-0.1, -0.05) is 5.16 Å². The van der Waals surface area contributed by atoms with Gasteiger partial charge < -0.3 is 9.84 Å². The molecule has 3 rings (SSSR count). The molecule has 0 spiro atoms. The molecule has 1 N–H and O–H groups in total. The second-order valence-electron chi connectivity index (χ2n) is 5.12. The molecule has 3 heterocycles. The van der Waals surface area contributed by atoms with Crippen molar-refractivity contribution in [2.75, 3.05) is 7.05 Å². The molecule has 3 aromatic rings. The zero-order valence-corrected chi connectivity index (χ0v) is 14.0. The molecule has 0 aliphatic heterocycles. The molecule has 124 valence electrons. The predicted octanol–water partition coefficient (Wildman–Crippen LogP) is 2.79. The van der Waals surface area contributed by atoms with Crippen LogP contribution in [0.5, 0.6) is 0 Å². The number of amides is 1. The van der Waals surface area contributed by atoms with E-state index in [2.05, 4.69) is 20.4 Å². The molecule has 24 heavy (non-hydrogen) atoms. The zero-order chi connectivity index (χ0) is 17.1. The number of hydrogen-bond acceptors (Lipinski definition) is 6. The molecule has 8 heteroatoms. The van der Waals surface area contributed by atoms with Gasteiger partial charge in [-0.2, -0.15) is 0 Å². The van der Waals surface area contributed by atoms with Crippen molar-refractivity contribution < 1.29 is 13.7 Å². The molecule has 0 saturated heterocycles. The van der Waals surface area contributed by atoms with Crippen LogP contribution in [0.15, 0.2) is 29.0 Å². The highest BCUT2D eigenvalue weighted by Crippen LogP contribution is 2.26. The Morgan fingerprint density at radius 1 is 1.29 bits per heavy atom. The first-order valence-electron chi connectivity index (χ1n) is 7.32. The van der Waals surface area contributed by atoms with E-state index < -0.39 is 5.82 Å². The van der Waals surface area contributed by atoms with Crippen molar-refractivity contribution in [3.63, 3.8) is 0 Å². The lowest BCUT2D eigenvalue weighted by Crippen LogP contribution is -2.16. The normalized spacial score (nSPS) is 10.8. The van der Waals surface area contributed by atoms with Crippen LogP contribution in [0, 0.1) is 12.7 Å². The molecule has 0 saturated carbocycles. The Bertz CT molecular complexity index is 857. The van der Waals surface area contributed by atoms with Crippen LogP contribution < -0.4 is 5.32 Å². The van der Waals surface area contributed by atoms with E-state index in [0.29, 0.717) is 34.9 Å². The third-order valence-corrected chi connectivity index (χ3v) is 4.60. The molecule has 0 bridgehead atoms. The van der Waals surface area contributed by atoms with Gasteiger partial charge in [-0.3, -0.25) is 9.78 Å². The highest BCUT2D eigenvalue weighted by atomic mass is 32.1. The SMILES string of the molecule is CNC(=O)c1cnc(CCc2c(-c3ccc(F)cn3)noc2C)s1. The summed E-state index contributed by atoms with van der Waals surface area (Å²) in [5.41, 5.74) is 2.08. The number of halogens is 1. The summed E-state index contributed by atoms with van der Waals surface area (Å²) in [7, 11) is 1.59. The first kappa shape index (κ1) is 16.3. The number of pyridine rings is 1. The van der Waals surface area contributed by atoms with Crippen LogP contribution in [0.2, 0.25) is 0 Å². The van der Waals surface area contributed by atoms with Gasteiger partial charge in [-0.25, -0.2) is 9.37 Å². The van der Waals surface area contributed by atoms with Crippen LogP contribution in [0.1, 0.15) is 26.0 Å². The van der Waals surface area contributed by atoms with Gasteiger partial charge in [0.05, 0.1) is 23.1 Å². The average molecular weight is 346 g/mol. The third kappa shape index (κ3) is 3.33. The van der Waals surface area contributed by atoms with Crippen molar-refractivity contribution in [3.05, 3.63) is 51.6 Å². The molecular weight excluding hydrogens is 331 g/mol. The van der Waals surface area contributed by atoms with Crippen molar-refractivity contribution >= 4 is 17.2 Å². The number of carbonyl (C=O) groups excluding carboxylic acids is 1. The maximum atomic E-state index is 13.0. The summed E-state index contributed by atoms with van der Waals surface area (Å²) in [5, 5.41) is 7.46. The van der Waals surface area contributed by atoms with Gasteiger partial charge in [0.2, 0.25) is 0 Å². The zero-order valence-electron chi connectivity index (χ0n) is 13.2. The maximum absolute atomic E-state index is 13.0. The molecule has 0 fully saturated rings. The highest BCUT2D eigenvalue weighted by Gasteiger charge is 2.17. The minimum atomic E-state index is -0.398. The van der Waals surface area contributed by atoms with Crippen LogP contribution in [-0.4, -0.2) is 28.1 Å². The van der Waals surface area contributed by atoms with E-state index in [1.807, 2.05) is 6.92 Å². The minimum Gasteiger partial charge on any atom is -0.361 e. The fourth-order valence-electron chi connectivity index (χ4n) is 2.29. The van der Waals surface area contributed by atoms with E-state index in [0.717, 1.165) is 16.8 Å². The molecule has 0 unspecified atom stereocenters. The number of nitrogens with zero attached hydrogens (tertiary/aromatic N) is 3. The fourth-order valence-corrected chi connectivity index (χ4v) is 3.15. The molecule has 0 aromatic carbocycles. The molecule has 1 amide bonds. The van der Waals surface area contributed by atoms with Gasteiger partial charge in [0.1, 0.15) is 22.1 Å². The van der Waals surface area contributed by atoms with Gasteiger partial charge in [-0.05, 0) is 25.5 Å². The summed E-state index contributed by atoms with van der Waals surface area (Å²) < 4.78 is 18.3. The van der Waals surface area contributed by atoms with Gasteiger partial charge >= 0.3 is 0 Å². The Balaban J connectivity index is 1.78. The first-order chi connectivity index (χ1) is 11.6. The van der Waals surface area contributed by atoms with E-state index in [-0.39, 0.29) is 5.91 Å². The summed E-state index contributed by atoms with van der Waals surface area (Å²) >= 11 is 1.36. The monoisotopic (exact) mass is 346 g/mol. The van der Waals surface area contributed by atoms with Crippen molar-refractivity contribution in [3.8, 4) is 11.4 Å². The van der Waals surface area contributed by atoms with E-state index in [1.165, 1.54) is 17.4 Å². The second-order valence-corrected chi connectivity index (χ2v) is 6.24. The Morgan fingerprint density at radius 3 is 2.83 bits per heavy atom. The summed E-state index contributed by atoms with van der Waals surface area (Å²) in [6, 6.07) is 2.91. The maximum Gasteiger partial charge on any atom is 0.262 e. The van der Waals surface area contributed by atoms with Gasteiger partial charge in [0.25, 0.3) is 5.91 Å². The number of aryl methyl sites for hydroxylation is 2. The number of nitrogens with one attached hydrogen (secondary N) is 1. The summed E-state index contributed by atoms with van der Waals surface area (Å²) in [6.45, 7) is 1.83. The topological polar surface area (TPSA) is 80.9 Å². The number of carbonyl (C=O) groups is 1. The van der Waals surface area contributed by atoms with Crippen molar-refractivity contribution in [1.29, 1.82) is 0 Å².